The number of rotatable bonds is 4. The molecular weight excluding hydrogens is 404 g/mol. The summed E-state index contributed by atoms with van der Waals surface area (Å²) in [6.45, 7) is 3.86. The topological polar surface area (TPSA) is 25.8 Å². The number of halogens is 4. The van der Waals surface area contributed by atoms with Crippen LogP contribution in [0.2, 0.25) is 0 Å². The first-order valence-corrected chi connectivity index (χ1v) is 9.60. The Morgan fingerprint density at radius 1 is 0.677 bits per heavy atom. The number of aromatic nitrogens is 2. The average Bonchev–Trinajstić information content (AvgIpc) is 2.74. The second-order valence-corrected chi connectivity index (χ2v) is 7.71. The lowest BCUT2D eigenvalue weighted by Crippen LogP contribution is -2.21. The number of hydrogen-bond acceptors (Lipinski definition) is 2. The lowest BCUT2D eigenvalue weighted by Gasteiger charge is -2.26. The quantitative estimate of drug-likeness (QED) is 0.342. The molecule has 0 amide bonds. The van der Waals surface area contributed by atoms with Crippen molar-refractivity contribution in [1.29, 1.82) is 0 Å². The molecule has 6 heteroatoms. The van der Waals surface area contributed by atoms with Crippen molar-refractivity contribution >= 4 is 0 Å². The summed E-state index contributed by atoms with van der Waals surface area (Å²) in [5.74, 6) is -2.71. The Balaban J connectivity index is 1.75. The smallest absolute Gasteiger partial charge is 0.135 e. The average molecular weight is 422 g/mol. The van der Waals surface area contributed by atoms with Crippen LogP contribution in [0.1, 0.15) is 25.1 Å². The fourth-order valence-corrected chi connectivity index (χ4v) is 3.44. The molecule has 0 spiro atoms. The van der Waals surface area contributed by atoms with E-state index in [1.807, 2.05) is 19.9 Å². The van der Waals surface area contributed by atoms with Crippen molar-refractivity contribution in [2.75, 3.05) is 0 Å². The van der Waals surface area contributed by atoms with Crippen LogP contribution in [0, 0.1) is 23.3 Å². The largest absolute Gasteiger partial charge is 0.256 e. The molecule has 2 heterocycles. The highest BCUT2D eigenvalue weighted by atomic mass is 19.1. The fraction of sp³-hybridized carbons (Fsp3) is 0.120. The van der Waals surface area contributed by atoms with E-state index in [4.69, 9.17) is 0 Å². The van der Waals surface area contributed by atoms with Gasteiger partial charge in [-0.2, -0.15) is 0 Å². The third kappa shape index (κ3) is 4.06. The molecule has 4 aromatic rings. The molecule has 0 bridgehead atoms. The summed E-state index contributed by atoms with van der Waals surface area (Å²) in [5.41, 5.74) is 1.93. The molecule has 156 valence electrons. The molecule has 2 aromatic carbocycles. The Bertz CT molecular complexity index is 1170. The molecule has 2 aromatic heterocycles. The summed E-state index contributed by atoms with van der Waals surface area (Å²) in [6.07, 6.45) is 1.55. The third-order valence-corrected chi connectivity index (χ3v) is 5.29. The zero-order chi connectivity index (χ0) is 22.2. The van der Waals surface area contributed by atoms with Gasteiger partial charge in [-0.25, -0.2) is 17.6 Å². The second-order valence-electron chi connectivity index (χ2n) is 7.71. The van der Waals surface area contributed by atoms with Crippen LogP contribution in [0.5, 0.6) is 0 Å². The van der Waals surface area contributed by atoms with Gasteiger partial charge in [0.05, 0.1) is 17.1 Å². The van der Waals surface area contributed by atoms with E-state index in [2.05, 4.69) is 9.97 Å². The molecule has 0 radical (unpaired) electrons. The fourth-order valence-electron chi connectivity index (χ4n) is 3.44. The van der Waals surface area contributed by atoms with Crippen molar-refractivity contribution in [2.45, 2.75) is 19.3 Å². The van der Waals surface area contributed by atoms with Gasteiger partial charge in [-0.15, -0.1) is 0 Å². The molecule has 0 atom stereocenters. The molecule has 0 unspecified atom stereocenters. The van der Waals surface area contributed by atoms with Crippen LogP contribution in [0.3, 0.4) is 0 Å². The van der Waals surface area contributed by atoms with Crippen molar-refractivity contribution in [2.24, 2.45) is 0 Å². The van der Waals surface area contributed by atoms with Crippen molar-refractivity contribution in [3.63, 3.8) is 0 Å². The minimum atomic E-state index is -0.700. The van der Waals surface area contributed by atoms with Crippen LogP contribution in [0.4, 0.5) is 17.6 Å². The maximum atomic E-state index is 14.2. The maximum Gasteiger partial charge on any atom is 0.135 e. The van der Waals surface area contributed by atoms with E-state index in [0.717, 1.165) is 17.7 Å². The van der Waals surface area contributed by atoms with Crippen LogP contribution in [0.25, 0.3) is 22.5 Å². The first kappa shape index (κ1) is 20.7. The first-order chi connectivity index (χ1) is 14.8. The van der Waals surface area contributed by atoms with Crippen LogP contribution >= 0.6 is 0 Å². The van der Waals surface area contributed by atoms with Gasteiger partial charge in [-0.1, -0.05) is 19.9 Å². The second kappa shape index (κ2) is 7.95. The highest BCUT2D eigenvalue weighted by Crippen LogP contribution is 2.34. The van der Waals surface area contributed by atoms with Crippen molar-refractivity contribution in [3.8, 4) is 22.5 Å². The van der Waals surface area contributed by atoms with Crippen molar-refractivity contribution in [3.05, 3.63) is 107 Å². The van der Waals surface area contributed by atoms with E-state index in [-0.39, 0.29) is 11.1 Å². The third-order valence-electron chi connectivity index (χ3n) is 5.29. The summed E-state index contributed by atoms with van der Waals surface area (Å²) in [5, 5.41) is 0. The highest BCUT2D eigenvalue weighted by Gasteiger charge is 2.26. The molecule has 0 N–H and O–H groups in total. The Hall–Kier alpha value is -3.54. The van der Waals surface area contributed by atoms with Gasteiger partial charge < -0.3 is 0 Å². The van der Waals surface area contributed by atoms with Gasteiger partial charge >= 0.3 is 0 Å². The van der Waals surface area contributed by atoms with E-state index >= 15 is 0 Å². The molecule has 0 aliphatic rings. The summed E-state index contributed by atoms with van der Waals surface area (Å²) in [6, 6.07) is 15.4. The Labute approximate surface area is 177 Å². The molecule has 0 aliphatic heterocycles. The Morgan fingerprint density at radius 3 is 1.90 bits per heavy atom. The van der Waals surface area contributed by atoms with Gasteiger partial charge in [0.1, 0.15) is 23.3 Å². The molecule has 0 aliphatic carbocycles. The van der Waals surface area contributed by atoms with Crippen molar-refractivity contribution in [1.82, 2.24) is 9.97 Å². The predicted molar refractivity (Wildman–Crippen MR) is 111 cm³/mol. The van der Waals surface area contributed by atoms with Gasteiger partial charge in [0.2, 0.25) is 0 Å². The molecule has 4 rings (SSSR count). The number of hydrogen-bond donors (Lipinski definition) is 0. The van der Waals surface area contributed by atoms with Crippen LogP contribution < -0.4 is 0 Å². The van der Waals surface area contributed by atoms with E-state index in [0.29, 0.717) is 17.1 Å². The predicted octanol–water partition coefficient (Wildman–Crippen LogP) is 6.69. The minimum Gasteiger partial charge on any atom is -0.256 e. The normalized spacial score (nSPS) is 11.5. The van der Waals surface area contributed by atoms with Crippen LogP contribution in [-0.2, 0) is 5.41 Å². The number of nitrogens with zero attached hydrogens (tertiary/aromatic N) is 2. The first-order valence-electron chi connectivity index (χ1n) is 9.60. The van der Waals surface area contributed by atoms with Gasteiger partial charge in [0.15, 0.2) is 0 Å². The van der Waals surface area contributed by atoms with Gasteiger partial charge in [-0.3, -0.25) is 9.97 Å². The molecule has 31 heavy (non-hydrogen) atoms. The SMILES string of the molecule is CC(C)(c1ccnc(-c2ccc(F)cc2F)c1)c1cccc(-c2ccc(F)cc2F)n1. The molecule has 0 fully saturated rings. The molecule has 2 nitrogen and oxygen atoms in total. The lowest BCUT2D eigenvalue weighted by atomic mass is 9.81. The summed E-state index contributed by atoms with van der Waals surface area (Å²) < 4.78 is 55.0. The van der Waals surface area contributed by atoms with E-state index < -0.39 is 28.7 Å². The maximum absolute atomic E-state index is 14.2. The van der Waals surface area contributed by atoms with Gasteiger partial charge in [-0.05, 0) is 54.1 Å². The van der Waals surface area contributed by atoms with Crippen LogP contribution in [0.15, 0.2) is 72.9 Å². The van der Waals surface area contributed by atoms with Crippen molar-refractivity contribution < 1.29 is 17.6 Å². The molecular formula is C25H18F4N2. The highest BCUT2D eigenvalue weighted by molar-refractivity contribution is 5.62. The lowest BCUT2D eigenvalue weighted by molar-refractivity contribution is 0.584. The monoisotopic (exact) mass is 422 g/mol. The zero-order valence-corrected chi connectivity index (χ0v) is 16.8. The minimum absolute atomic E-state index is 0.189. The summed E-state index contributed by atoms with van der Waals surface area (Å²) in [7, 11) is 0. The standard InChI is InChI=1S/C25H18F4N2/c1-25(2,15-10-11-30-23(12-15)19-9-7-17(27)14-21(19)29)24-5-3-4-22(31-24)18-8-6-16(26)13-20(18)28/h3-14H,1-2H3. The number of benzene rings is 2. The summed E-state index contributed by atoms with van der Waals surface area (Å²) in [4.78, 5) is 8.83. The van der Waals surface area contributed by atoms with E-state index in [1.165, 1.54) is 24.3 Å². The zero-order valence-electron chi connectivity index (χ0n) is 16.8. The van der Waals surface area contributed by atoms with Gasteiger partial charge in [0.25, 0.3) is 0 Å². The number of pyridine rings is 2. The van der Waals surface area contributed by atoms with Crippen LogP contribution in [-0.4, -0.2) is 9.97 Å². The Kier molecular flexibility index (Phi) is 5.31. The van der Waals surface area contributed by atoms with E-state index in [1.54, 1.807) is 30.5 Å². The molecule has 0 saturated carbocycles. The summed E-state index contributed by atoms with van der Waals surface area (Å²) >= 11 is 0. The van der Waals surface area contributed by atoms with E-state index in [9.17, 15) is 17.6 Å². The molecule has 0 saturated heterocycles. The Morgan fingerprint density at radius 2 is 1.29 bits per heavy atom. The van der Waals surface area contributed by atoms with Gasteiger partial charge in [0, 0.05) is 34.9 Å².